The fraction of sp³-hybridized carbons (Fsp3) is 0.688. The molecule has 0 amide bonds. The number of aliphatic hydroxyl groups excluding tert-OH is 1. The third-order valence-corrected chi connectivity index (χ3v) is 7.94. The van der Waals surface area contributed by atoms with Crippen LogP contribution in [-0.4, -0.2) is 16.1 Å². The Labute approximate surface area is 222 Å². The van der Waals surface area contributed by atoms with E-state index in [0.29, 0.717) is 23.2 Å². The molecule has 0 atom stereocenters. The van der Waals surface area contributed by atoms with Crippen molar-refractivity contribution in [3.63, 3.8) is 0 Å². The lowest BCUT2D eigenvalue weighted by Gasteiger charge is -2.22. The Kier molecular flexibility index (Phi) is 14.8. The molecule has 1 fully saturated rings. The summed E-state index contributed by atoms with van der Waals surface area (Å²) in [5.41, 5.74) is 4.83. The SMILES string of the molecule is CC.CC/C(OC1=C(C)CC=C(C)C=C1C)=C(O)\C(=C/CC(C)(C)C)CSC1CCCCCCC1. The quantitative estimate of drug-likeness (QED) is 0.264. The molecular weight excluding hydrogens is 448 g/mol. The molecule has 3 heteroatoms. The fourth-order valence-electron chi connectivity index (χ4n) is 4.41. The Hall–Kier alpha value is -1.35. The average Bonchev–Trinajstić information content (AvgIpc) is 2.90. The zero-order chi connectivity index (χ0) is 26.4. The lowest BCUT2D eigenvalue weighted by atomic mass is 9.91. The minimum Gasteiger partial charge on any atom is -0.504 e. The van der Waals surface area contributed by atoms with Gasteiger partial charge < -0.3 is 9.84 Å². The highest BCUT2D eigenvalue weighted by Crippen LogP contribution is 2.33. The summed E-state index contributed by atoms with van der Waals surface area (Å²) >= 11 is 2.04. The fourth-order valence-corrected chi connectivity index (χ4v) is 5.75. The zero-order valence-corrected chi connectivity index (χ0v) is 25.2. The summed E-state index contributed by atoms with van der Waals surface area (Å²) < 4.78 is 6.45. The zero-order valence-electron chi connectivity index (χ0n) is 24.4. The van der Waals surface area contributed by atoms with Crippen molar-refractivity contribution in [3.8, 4) is 0 Å². The molecule has 200 valence electrons. The van der Waals surface area contributed by atoms with E-state index in [9.17, 15) is 5.11 Å². The predicted molar refractivity (Wildman–Crippen MR) is 158 cm³/mol. The van der Waals surface area contributed by atoms with Gasteiger partial charge in [0, 0.05) is 23.0 Å². The maximum absolute atomic E-state index is 11.4. The molecular formula is C32H54O2S. The molecule has 0 aromatic carbocycles. The van der Waals surface area contributed by atoms with Gasteiger partial charge in [-0.1, -0.05) is 97.4 Å². The first kappa shape index (κ1) is 31.7. The number of hydrogen-bond donors (Lipinski definition) is 1. The molecule has 1 N–H and O–H groups in total. The van der Waals surface area contributed by atoms with Crippen molar-refractivity contribution in [1.82, 2.24) is 0 Å². The molecule has 0 aromatic heterocycles. The molecule has 2 aliphatic carbocycles. The monoisotopic (exact) mass is 502 g/mol. The highest BCUT2D eigenvalue weighted by atomic mass is 32.2. The molecule has 0 heterocycles. The van der Waals surface area contributed by atoms with Crippen molar-refractivity contribution in [2.24, 2.45) is 5.41 Å². The minimum absolute atomic E-state index is 0.187. The maximum Gasteiger partial charge on any atom is 0.157 e. The molecule has 35 heavy (non-hydrogen) atoms. The highest BCUT2D eigenvalue weighted by molar-refractivity contribution is 8.00. The molecule has 0 aromatic rings. The van der Waals surface area contributed by atoms with Crippen LogP contribution in [0.2, 0.25) is 0 Å². The van der Waals surface area contributed by atoms with Crippen molar-refractivity contribution < 1.29 is 9.84 Å². The standard InChI is InChI=1S/C30H48O2S.C2H6/c1-8-27(32-29-23(3)17-16-22(2)20-24(29)4)28(31)25(18-19-30(5,6)7)21-33-26-14-12-10-9-11-13-15-26;1-2/h16,18,20,26,31H,8-15,17,19,21H2,1-7H3;1-2H3/b25-18-,28-27-;. The van der Waals surface area contributed by atoms with Crippen LogP contribution in [0.1, 0.15) is 127 Å². The van der Waals surface area contributed by atoms with E-state index >= 15 is 0 Å². The number of rotatable bonds is 8. The first-order valence-electron chi connectivity index (χ1n) is 14.1. The Bertz CT molecular complexity index is 794. The van der Waals surface area contributed by atoms with Crippen LogP contribution in [0.15, 0.2) is 57.8 Å². The average molecular weight is 503 g/mol. The second-order valence-electron chi connectivity index (χ2n) is 11.1. The summed E-state index contributed by atoms with van der Waals surface area (Å²) in [6.45, 7) is 19.2. The second kappa shape index (κ2) is 16.4. The van der Waals surface area contributed by atoms with E-state index in [1.807, 2.05) is 25.6 Å². The van der Waals surface area contributed by atoms with E-state index in [-0.39, 0.29) is 5.41 Å². The molecule has 0 saturated heterocycles. The van der Waals surface area contributed by atoms with Gasteiger partial charge in [0.1, 0.15) is 11.5 Å². The highest BCUT2D eigenvalue weighted by Gasteiger charge is 2.20. The van der Waals surface area contributed by atoms with E-state index in [2.05, 4.69) is 66.7 Å². The van der Waals surface area contributed by atoms with Crippen LogP contribution >= 0.6 is 11.8 Å². The van der Waals surface area contributed by atoms with Crippen LogP contribution in [0.3, 0.4) is 0 Å². The first-order valence-corrected chi connectivity index (χ1v) is 15.1. The molecule has 0 spiro atoms. The van der Waals surface area contributed by atoms with E-state index < -0.39 is 0 Å². The van der Waals surface area contributed by atoms with E-state index in [1.54, 1.807) is 0 Å². The van der Waals surface area contributed by atoms with Crippen LogP contribution in [0.25, 0.3) is 0 Å². The topological polar surface area (TPSA) is 29.5 Å². The Morgan fingerprint density at radius 2 is 1.66 bits per heavy atom. The molecule has 0 radical (unpaired) electrons. The number of allylic oxidation sites excluding steroid dienone is 8. The normalized spacial score (nSPS) is 19.4. The predicted octanol–water partition coefficient (Wildman–Crippen LogP) is 11.0. The third kappa shape index (κ3) is 12.0. The van der Waals surface area contributed by atoms with Crippen LogP contribution < -0.4 is 0 Å². The molecule has 0 aliphatic heterocycles. The van der Waals surface area contributed by atoms with Gasteiger partial charge in [-0.05, 0) is 63.0 Å². The van der Waals surface area contributed by atoms with Crippen molar-refractivity contribution in [3.05, 3.63) is 57.8 Å². The molecule has 0 bridgehead atoms. The Balaban J connectivity index is 0.00000298. The van der Waals surface area contributed by atoms with Crippen molar-refractivity contribution in [1.29, 1.82) is 0 Å². The molecule has 2 aliphatic rings. The van der Waals surface area contributed by atoms with Gasteiger partial charge in [0.05, 0.1) is 0 Å². The molecule has 0 unspecified atom stereocenters. The van der Waals surface area contributed by atoms with Gasteiger partial charge in [-0.15, -0.1) is 0 Å². The first-order chi connectivity index (χ1) is 16.6. The summed E-state index contributed by atoms with van der Waals surface area (Å²) in [4.78, 5) is 0. The lowest BCUT2D eigenvalue weighted by Crippen LogP contribution is -2.10. The van der Waals surface area contributed by atoms with Crippen LogP contribution in [-0.2, 0) is 4.74 Å². The van der Waals surface area contributed by atoms with Gasteiger partial charge in [-0.2, -0.15) is 11.8 Å². The minimum atomic E-state index is 0.187. The number of ether oxygens (including phenoxy) is 1. The largest absolute Gasteiger partial charge is 0.504 e. The third-order valence-electron chi connectivity index (χ3n) is 6.52. The number of thioether (sulfide) groups is 1. The van der Waals surface area contributed by atoms with Crippen molar-refractivity contribution in [2.75, 3.05) is 5.75 Å². The molecule has 1 saturated carbocycles. The van der Waals surface area contributed by atoms with Gasteiger partial charge in [-0.25, -0.2) is 0 Å². The maximum atomic E-state index is 11.4. The van der Waals surface area contributed by atoms with E-state index in [0.717, 1.165) is 35.5 Å². The van der Waals surface area contributed by atoms with Gasteiger partial charge in [0.15, 0.2) is 5.76 Å². The lowest BCUT2D eigenvalue weighted by molar-refractivity contribution is 0.262. The Morgan fingerprint density at radius 3 is 2.23 bits per heavy atom. The van der Waals surface area contributed by atoms with Gasteiger partial charge in [0.2, 0.25) is 0 Å². The van der Waals surface area contributed by atoms with Gasteiger partial charge >= 0.3 is 0 Å². The van der Waals surface area contributed by atoms with Gasteiger partial charge in [-0.3, -0.25) is 0 Å². The number of hydrogen-bond acceptors (Lipinski definition) is 3. The summed E-state index contributed by atoms with van der Waals surface area (Å²) in [5.74, 6) is 2.80. The van der Waals surface area contributed by atoms with Crippen LogP contribution in [0.4, 0.5) is 0 Å². The van der Waals surface area contributed by atoms with Crippen LogP contribution in [0, 0.1) is 5.41 Å². The second-order valence-corrected chi connectivity index (χ2v) is 12.4. The summed E-state index contributed by atoms with van der Waals surface area (Å²) in [6, 6.07) is 0. The number of aliphatic hydroxyl groups is 1. The Morgan fingerprint density at radius 1 is 1.06 bits per heavy atom. The summed E-state index contributed by atoms with van der Waals surface area (Å²) in [7, 11) is 0. The summed E-state index contributed by atoms with van der Waals surface area (Å²) in [6.07, 6.45) is 18.6. The molecule has 2 nitrogen and oxygen atoms in total. The van der Waals surface area contributed by atoms with E-state index in [4.69, 9.17) is 4.74 Å². The van der Waals surface area contributed by atoms with Crippen LogP contribution in [0.5, 0.6) is 0 Å². The smallest absolute Gasteiger partial charge is 0.157 e. The van der Waals surface area contributed by atoms with Crippen molar-refractivity contribution in [2.45, 2.75) is 132 Å². The van der Waals surface area contributed by atoms with Gasteiger partial charge in [0.25, 0.3) is 0 Å². The van der Waals surface area contributed by atoms with E-state index in [1.165, 1.54) is 56.1 Å². The molecule has 2 rings (SSSR count). The van der Waals surface area contributed by atoms with Crippen molar-refractivity contribution >= 4 is 11.8 Å². The summed E-state index contributed by atoms with van der Waals surface area (Å²) in [5, 5.41) is 12.1.